The van der Waals surface area contributed by atoms with Crippen molar-refractivity contribution in [3.05, 3.63) is 24.0 Å². The second kappa shape index (κ2) is 8.01. The van der Waals surface area contributed by atoms with Gasteiger partial charge < -0.3 is 14.0 Å². The number of hydrogen-bond acceptors (Lipinski definition) is 5. The Balaban J connectivity index is 1.91. The van der Waals surface area contributed by atoms with E-state index in [2.05, 4.69) is 43.5 Å². The number of carbonyl (C=O) groups is 1. The number of hydrogen-bond donors (Lipinski definition) is 0. The zero-order chi connectivity index (χ0) is 18.7. The molecule has 0 spiro atoms. The van der Waals surface area contributed by atoms with Crippen molar-refractivity contribution in [3.63, 3.8) is 0 Å². The first kappa shape index (κ1) is 19.2. The molecule has 0 N–H and O–H groups in total. The Morgan fingerprint density at radius 1 is 1.35 bits per heavy atom. The molecule has 2 aromatic rings. The smallest absolute Gasteiger partial charge is 0.315 e. The highest BCUT2D eigenvalue weighted by Crippen LogP contribution is 2.31. The number of methoxy groups -OCH3 is 1. The van der Waals surface area contributed by atoms with Gasteiger partial charge in [0.05, 0.1) is 23.9 Å². The number of imidazole rings is 1. The monoisotopic (exact) mass is 376 g/mol. The van der Waals surface area contributed by atoms with Gasteiger partial charge in [0.25, 0.3) is 0 Å². The van der Waals surface area contributed by atoms with Gasteiger partial charge in [-0.2, -0.15) is 0 Å². The van der Waals surface area contributed by atoms with Crippen molar-refractivity contribution in [3.8, 4) is 0 Å². The van der Waals surface area contributed by atoms with Crippen LogP contribution in [0.15, 0.2) is 23.1 Å². The predicted molar refractivity (Wildman–Crippen MR) is 105 cm³/mol. The lowest BCUT2D eigenvalue weighted by atomic mass is 9.94. The third kappa shape index (κ3) is 4.41. The number of rotatable bonds is 5. The molecule has 0 unspecified atom stereocenters. The van der Waals surface area contributed by atoms with E-state index < -0.39 is 0 Å². The standard InChI is InChI=1S/C20H28N2O3S/c1-20(2,3)19-21-16-11-15(26-13-18(23)24-4)5-6-17(16)22(19)12-14-7-9-25-10-8-14/h5-6,11,14H,7-10,12-13H2,1-4H3. The quantitative estimate of drug-likeness (QED) is 0.583. The van der Waals surface area contributed by atoms with Crippen LogP contribution >= 0.6 is 11.8 Å². The summed E-state index contributed by atoms with van der Waals surface area (Å²) in [6, 6.07) is 6.29. The summed E-state index contributed by atoms with van der Waals surface area (Å²) >= 11 is 1.49. The minimum atomic E-state index is -0.212. The Morgan fingerprint density at radius 3 is 2.73 bits per heavy atom. The SMILES string of the molecule is COC(=O)CSc1ccc2c(c1)nc(C(C)(C)C)n2CC1CCOCC1. The van der Waals surface area contributed by atoms with E-state index >= 15 is 0 Å². The van der Waals surface area contributed by atoms with Crippen LogP contribution in [-0.4, -0.2) is 41.6 Å². The lowest BCUT2D eigenvalue weighted by Gasteiger charge is -2.26. The average molecular weight is 377 g/mol. The van der Waals surface area contributed by atoms with Crippen molar-refractivity contribution >= 4 is 28.8 Å². The number of ether oxygens (including phenoxy) is 2. The molecule has 0 aliphatic carbocycles. The zero-order valence-electron chi connectivity index (χ0n) is 16.1. The average Bonchev–Trinajstić information content (AvgIpc) is 2.98. The van der Waals surface area contributed by atoms with Crippen LogP contribution in [0.2, 0.25) is 0 Å². The number of esters is 1. The molecule has 142 valence electrons. The van der Waals surface area contributed by atoms with Crippen molar-refractivity contribution in [2.24, 2.45) is 5.92 Å². The highest BCUT2D eigenvalue weighted by atomic mass is 32.2. The number of nitrogens with zero attached hydrogens (tertiary/aromatic N) is 2. The molecular weight excluding hydrogens is 348 g/mol. The molecule has 1 aliphatic heterocycles. The topological polar surface area (TPSA) is 53.3 Å². The van der Waals surface area contributed by atoms with E-state index in [0.717, 1.165) is 48.8 Å². The Hall–Kier alpha value is -1.53. The van der Waals surface area contributed by atoms with Crippen LogP contribution in [0.4, 0.5) is 0 Å². The van der Waals surface area contributed by atoms with Crippen LogP contribution in [0.25, 0.3) is 11.0 Å². The van der Waals surface area contributed by atoms with E-state index in [0.29, 0.717) is 11.7 Å². The molecule has 6 heteroatoms. The molecule has 2 heterocycles. The molecule has 0 radical (unpaired) electrons. The van der Waals surface area contributed by atoms with Crippen molar-refractivity contribution in [1.29, 1.82) is 0 Å². The van der Waals surface area contributed by atoms with Crippen LogP contribution in [0.3, 0.4) is 0 Å². The fourth-order valence-electron chi connectivity index (χ4n) is 3.35. The third-order valence-corrected chi connectivity index (χ3v) is 5.72. The van der Waals surface area contributed by atoms with Gasteiger partial charge in [-0.15, -0.1) is 11.8 Å². The van der Waals surface area contributed by atoms with Crippen LogP contribution in [0, 0.1) is 5.92 Å². The fourth-order valence-corrected chi connectivity index (χ4v) is 4.11. The van der Waals surface area contributed by atoms with Gasteiger partial charge in [0.15, 0.2) is 0 Å². The largest absolute Gasteiger partial charge is 0.468 e. The molecule has 1 aromatic carbocycles. The summed E-state index contributed by atoms with van der Waals surface area (Å²) in [5, 5.41) is 0. The van der Waals surface area contributed by atoms with Gasteiger partial charge in [-0.05, 0) is 37.0 Å². The van der Waals surface area contributed by atoms with Crippen LogP contribution in [-0.2, 0) is 26.2 Å². The Labute approximate surface area is 159 Å². The molecule has 5 nitrogen and oxygen atoms in total. The fraction of sp³-hybridized carbons (Fsp3) is 0.600. The van der Waals surface area contributed by atoms with Gasteiger partial charge in [-0.3, -0.25) is 4.79 Å². The summed E-state index contributed by atoms with van der Waals surface area (Å²) in [5.41, 5.74) is 2.14. The first-order valence-electron chi connectivity index (χ1n) is 9.16. The number of aromatic nitrogens is 2. The van der Waals surface area contributed by atoms with Crippen LogP contribution in [0.5, 0.6) is 0 Å². The van der Waals surface area contributed by atoms with Gasteiger partial charge in [0.2, 0.25) is 0 Å². The maximum Gasteiger partial charge on any atom is 0.315 e. The van der Waals surface area contributed by atoms with Gasteiger partial charge in [-0.1, -0.05) is 20.8 Å². The first-order valence-corrected chi connectivity index (χ1v) is 10.1. The van der Waals surface area contributed by atoms with Gasteiger partial charge >= 0.3 is 5.97 Å². The van der Waals surface area contributed by atoms with Crippen molar-refractivity contribution in [2.75, 3.05) is 26.1 Å². The normalized spacial score (nSPS) is 16.2. The molecule has 0 saturated carbocycles. The molecule has 0 bridgehead atoms. The van der Waals surface area contributed by atoms with Crippen molar-refractivity contribution in [2.45, 2.75) is 50.5 Å². The van der Waals surface area contributed by atoms with Crippen LogP contribution in [0.1, 0.15) is 39.4 Å². The number of carbonyl (C=O) groups excluding carboxylic acids is 1. The molecular formula is C20H28N2O3S. The van der Waals surface area contributed by atoms with Gasteiger partial charge in [0.1, 0.15) is 5.82 Å². The van der Waals surface area contributed by atoms with Crippen LogP contribution < -0.4 is 0 Å². The predicted octanol–water partition coefficient (Wildman–Crippen LogP) is 4.03. The van der Waals surface area contributed by atoms with E-state index in [9.17, 15) is 4.79 Å². The maximum absolute atomic E-state index is 11.4. The summed E-state index contributed by atoms with van der Waals surface area (Å²) in [6.45, 7) is 9.33. The second-order valence-electron chi connectivity index (χ2n) is 7.87. The second-order valence-corrected chi connectivity index (χ2v) is 8.92. The Bertz CT molecular complexity index is 773. The molecule has 1 fully saturated rings. The van der Waals surface area contributed by atoms with E-state index in [1.807, 2.05) is 0 Å². The highest BCUT2D eigenvalue weighted by Gasteiger charge is 2.25. The minimum absolute atomic E-state index is 0.0243. The molecule has 0 atom stereocenters. The summed E-state index contributed by atoms with van der Waals surface area (Å²) in [7, 11) is 1.42. The van der Waals surface area contributed by atoms with Crippen molar-refractivity contribution < 1.29 is 14.3 Å². The Morgan fingerprint density at radius 2 is 2.08 bits per heavy atom. The lowest BCUT2D eigenvalue weighted by Crippen LogP contribution is -2.25. The number of thioether (sulfide) groups is 1. The molecule has 1 aliphatic rings. The van der Waals surface area contributed by atoms with Crippen molar-refractivity contribution in [1.82, 2.24) is 9.55 Å². The molecule has 26 heavy (non-hydrogen) atoms. The Kier molecular flexibility index (Phi) is 5.92. The number of benzene rings is 1. The highest BCUT2D eigenvalue weighted by molar-refractivity contribution is 8.00. The van der Waals surface area contributed by atoms with Gasteiger partial charge in [0, 0.05) is 30.1 Å². The van der Waals surface area contributed by atoms with E-state index in [1.165, 1.54) is 24.4 Å². The molecule has 0 amide bonds. The first-order chi connectivity index (χ1) is 12.4. The summed E-state index contributed by atoms with van der Waals surface area (Å²) in [4.78, 5) is 17.4. The zero-order valence-corrected chi connectivity index (χ0v) is 16.9. The summed E-state index contributed by atoms with van der Waals surface area (Å²) < 4.78 is 12.6. The molecule has 1 aromatic heterocycles. The lowest BCUT2D eigenvalue weighted by molar-refractivity contribution is -0.137. The van der Waals surface area contributed by atoms with Gasteiger partial charge in [-0.25, -0.2) is 4.98 Å². The minimum Gasteiger partial charge on any atom is -0.468 e. The van der Waals surface area contributed by atoms with E-state index in [1.54, 1.807) is 0 Å². The van der Waals surface area contributed by atoms with E-state index in [4.69, 9.17) is 14.5 Å². The third-order valence-electron chi connectivity index (χ3n) is 4.76. The maximum atomic E-state index is 11.4. The van der Waals surface area contributed by atoms with E-state index in [-0.39, 0.29) is 11.4 Å². The number of fused-ring (bicyclic) bond motifs is 1. The summed E-state index contributed by atoms with van der Waals surface area (Å²) in [5.74, 6) is 1.86. The molecule has 3 rings (SSSR count). The molecule has 1 saturated heterocycles. The summed E-state index contributed by atoms with van der Waals surface area (Å²) in [6.07, 6.45) is 2.21.